The van der Waals surface area contributed by atoms with E-state index in [1.165, 1.54) is 35.2 Å². The Bertz CT molecular complexity index is 1220. The van der Waals surface area contributed by atoms with Crippen LogP contribution in [-0.2, 0) is 6.54 Å². The van der Waals surface area contributed by atoms with Crippen molar-refractivity contribution in [3.8, 4) is 11.5 Å². The number of nitrogens with zero attached hydrogens (tertiary/aromatic N) is 5. The number of hydrogen-bond donors (Lipinski definition) is 0. The second kappa shape index (κ2) is 6.61. The van der Waals surface area contributed by atoms with Crippen LogP contribution in [0.5, 0.6) is 0 Å². The Balaban J connectivity index is 1.63. The van der Waals surface area contributed by atoms with Gasteiger partial charge in [-0.2, -0.15) is 0 Å². The second-order valence-corrected chi connectivity index (χ2v) is 6.08. The molecule has 0 unspecified atom stereocenters. The number of halogens is 1. The van der Waals surface area contributed by atoms with Crippen LogP contribution in [0.15, 0.2) is 58.0 Å². The zero-order valence-corrected chi connectivity index (χ0v) is 14.3. The van der Waals surface area contributed by atoms with Crippen LogP contribution >= 0.6 is 11.6 Å². The highest BCUT2D eigenvalue weighted by atomic mass is 35.5. The van der Waals surface area contributed by atoms with E-state index in [9.17, 15) is 14.9 Å². The minimum absolute atomic E-state index is 0.0360. The van der Waals surface area contributed by atoms with E-state index in [-0.39, 0.29) is 29.6 Å². The van der Waals surface area contributed by atoms with Gasteiger partial charge < -0.3 is 4.42 Å². The fourth-order valence-corrected chi connectivity index (χ4v) is 2.72. The van der Waals surface area contributed by atoms with E-state index >= 15 is 0 Å². The maximum atomic E-state index is 12.6. The zero-order valence-electron chi connectivity index (χ0n) is 13.6. The zero-order chi connectivity index (χ0) is 19.0. The summed E-state index contributed by atoms with van der Waals surface area (Å²) in [6, 6.07) is 10.6. The molecule has 0 fully saturated rings. The lowest BCUT2D eigenvalue weighted by Crippen LogP contribution is -2.21. The first kappa shape index (κ1) is 16.9. The monoisotopic (exact) mass is 383 g/mol. The molecule has 0 aliphatic carbocycles. The smallest absolute Gasteiger partial charge is 0.269 e. The summed E-state index contributed by atoms with van der Waals surface area (Å²) in [6.07, 6.45) is 1.40. The third-order valence-corrected chi connectivity index (χ3v) is 4.12. The normalized spacial score (nSPS) is 11.0. The van der Waals surface area contributed by atoms with Crippen molar-refractivity contribution in [3.05, 3.63) is 80.2 Å². The summed E-state index contributed by atoms with van der Waals surface area (Å²) in [5.41, 5.74) is 0.761. The van der Waals surface area contributed by atoms with Crippen molar-refractivity contribution in [2.24, 2.45) is 0 Å². The lowest BCUT2D eigenvalue weighted by molar-refractivity contribution is -0.384. The third kappa shape index (κ3) is 3.27. The van der Waals surface area contributed by atoms with Gasteiger partial charge in [0.05, 0.1) is 22.2 Å². The summed E-state index contributed by atoms with van der Waals surface area (Å²) < 4.78 is 6.90. The maximum Gasteiger partial charge on any atom is 0.269 e. The van der Waals surface area contributed by atoms with E-state index in [4.69, 9.17) is 16.0 Å². The summed E-state index contributed by atoms with van der Waals surface area (Å²) in [5, 5.41) is 19.4. The van der Waals surface area contributed by atoms with Crippen molar-refractivity contribution in [1.82, 2.24) is 19.7 Å². The molecule has 134 valence electrons. The number of aromatic nitrogens is 4. The van der Waals surface area contributed by atoms with Gasteiger partial charge in [0.2, 0.25) is 11.8 Å². The van der Waals surface area contributed by atoms with Crippen molar-refractivity contribution in [2.45, 2.75) is 6.54 Å². The Kier molecular flexibility index (Phi) is 4.13. The highest BCUT2D eigenvalue weighted by molar-refractivity contribution is 6.31. The number of nitro benzene ring substituents is 1. The standard InChI is InChI=1S/C17H10ClN5O4/c18-11-3-6-14-13(7-11)17(24)22(9-19-14)8-15-20-21-16(27-15)10-1-4-12(5-2-10)23(25)26/h1-7,9H,8H2. The summed E-state index contributed by atoms with van der Waals surface area (Å²) >= 11 is 5.95. The van der Waals surface area contributed by atoms with Crippen LogP contribution < -0.4 is 5.56 Å². The van der Waals surface area contributed by atoms with E-state index in [0.717, 1.165) is 0 Å². The Morgan fingerprint density at radius 2 is 1.93 bits per heavy atom. The molecule has 0 saturated heterocycles. The number of fused-ring (bicyclic) bond motifs is 1. The van der Waals surface area contributed by atoms with Gasteiger partial charge in [-0.1, -0.05) is 11.6 Å². The first-order valence-electron chi connectivity index (χ1n) is 7.73. The van der Waals surface area contributed by atoms with Crippen LogP contribution in [0.25, 0.3) is 22.4 Å². The first-order valence-corrected chi connectivity index (χ1v) is 8.11. The maximum absolute atomic E-state index is 12.6. The predicted octanol–water partition coefficient (Wildman–Crippen LogP) is 3.06. The van der Waals surface area contributed by atoms with E-state index < -0.39 is 4.92 Å². The molecule has 0 N–H and O–H groups in total. The van der Waals surface area contributed by atoms with Crippen LogP contribution in [0.3, 0.4) is 0 Å². The van der Waals surface area contributed by atoms with Crippen molar-refractivity contribution < 1.29 is 9.34 Å². The lowest BCUT2D eigenvalue weighted by Gasteiger charge is -2.04. The molecule has 0 spiro atoms. The average Bonchev–Trinajstić information content (AvgIpc) is 3.13. The molecule has 0 atom stereocenters. The first-order chi connectivity index (χ1) is 13.0. The fraction of sp³-hybridized carbons (Fsp3) is 0.0588. The van der Waals surface area contributed by atoms with Gasteiger partial charge in [-0.15, -0.1) is 10.2 Å². The Morgan fingerprint density at radius 1 is 1.15 bits per heavy atom. The Labute approximate surface area is 156 Å². The molecular formula is C17H10ClN5O4. The lowest BCUT2D eigenvalue weighted by atomic mass is 10.2. The highest BCUT2D eigenvalue weighted by Crippen LogP contribution is 2.21. The predicted molar refractivity (Wildman–Crippen MR) is 96.5 cm³/mol. The van der Waals surface area contributed by atoms with Gasteiger partial charge in [-0.05, 0) is 30.3 Å². The quantitative estimate of drug-likeness (QED) is 0.392. The summed E-state index contributed by atoms with van der Waals surface area (Å²) in [5.74, 6) is 0.401. The Hall–Kier alpha value is -3.59. The third-order valence-electron chi connectivity index (χ3n) is 3.88. The molecule has 0 radical (unpaired) electrons. The van der Waals surface area contributed by atoms with E-state index in [0.29, 0.717) is 21.5 Å². The molecule has 0 aliphatic heterocycles. The number of benzene rings is 2. The minimum Gasteiger partial charge on any atom is -0.419 e. The molecular weight excluding hydrogens is 374 g/mol. The number of rotatable bonds is 4. The molecule has 0 aliphatic rings. The number of non-ortho nitro benzene ring substituents is 1. The largest absolute Gasteiger partial charge is 0.419 e. The highest BCUT2D eigenvalue weighted by Gasteiger charge is 2.13. The van der Waals surface area contributed by atoms with Gasteiger partial charge in [0.1, 0.15) is 6.54 Å². The second-order valence-electron chi connectivity index (χ2n) is 5.64. The summed E-state index contributed by atoms with van der Waals surface area (Å²) in [4.78, 5) is 27.0. The SMILES string of the molecule is O=c1c2cc(Cl)ccc2ncn1Cc1nnc(-c2ccc([N+](=O)[O-])cc2)o1. The topological polar surface area (TPSA) is 117 Å². The van der Waals surface area contributed by atoms with Crippen molar-refractivity contribution in [2.75, 3.05) is 0 Å². The molecule has 27 heavy (non-hydrogen) atoms. The van der Waals surface area contributed by atoms with Crippen LogP contribution in [-0.4, -0.2) is 24.7 Å². The molecule has 4 aromatic rings. The van der Waals surface area contributed by atoms with Crippen LogP contribution in [0.2, 0.25) is 5.02 Å². The molecule has 4 rings (SSSR count). The van der Waals surface area contributed by atoms with Crippen LogP contribution in [0, 0.1) is 10.1 Å². The van der Waals surface area contributed by atoms with Crippen molar-refractivity contribution in [1.29, 1.82) is 0 Å². The molecule has 2 aromatic carbocycles. The van der Waals surface area contributed by atoms with Crippen LogP contribution in [0.1, 0.15) is 5.89 Å². The molecule has 10 heteroatoms. The summed E-state index contributed by atoms with van der Waals surface area (Å²) in [6.45, 7) is 0.0360. The summed E-state index contributed by atoms with van der Waals surface area (Å²) in [7, 11) is 0. The minimum atomic E-state index is -0.492. The van der Waals surface area contributed by atoms with E-state index in [1.54, 1.807) is 18.2 Å². The number of hydrogen-bond acceptors (Lipinski definition) is 7. The van der Waals surface area contributed by atoms with Crippen molar-refractivity contribution >= 4 is 28.2 Å². The average molecular weight is 384 g/mol. The van der Waals surface area contributed by atoms with Gasteiger partial charge in [0, 0.05) is 22.7 Å². The van der Waals surface area contributed by atoms with E-state index in [2.05, 4.69) is 15.2 Å². The van der Waals surface area contributed by atoms with Gasteiger partial charge in [-0.25, -0.2) is 4.98 Å². The van der Waals surface area contributed by atoms with Gasteiger partial charge in [0.15, 0.2) is 0 Å². The molecule has 9 nitrogen and oxygen atoms in total. The molecule has 0 bridgehead atoms. The van der Waals surface area contributed by atoms with Gasteiger partial charge in [-0.3, -0.25) is 19.5 Å². The molecule has 2 aromatic heterocycles. The van der Waals surface area contributed by atoms with Gasteiger partial charge in [0.25, 0.3) is 11.2 Å². The van der Waals surface area contributed by atoms with Gasteiger partial charge >= 0.3 is 0 Å². The van der Waals surface area contributed by atoms with E-state index in [1.807, 2.05) is 0 Å². The Morgan fingerprint density at radius 3 is 2.67 bits per heavy atom. The van der Waals surface area contributed by atoms with Crippen LogP contribution in [0.4, 0.5) is 5.69 Å². The van der Waals surface area contributed by atoms with Crippen molar-refractivity contribution in [3.63, 3.8) is 0 Å². The molecule has 2 heterocycles. The molecule has 0 saturated carbocycles. The molecule has 0 amide bonds. The number of nitro groups is 1. The fourth-order valence-electron chi connectivity index (χ4n) is 2.55.